The van der Waals surface area contributed by atoms with E-state index in [1.807, 2.05) is 13.8 Å². The van der Waals surface area contributed by atoms with Crippen molar-refractivity contribution in [1.29, 1.82) is 0 Å². The van der Waals surface area contributed by atoms with Crippen LogP contribution in [0.25, 0.3) is 0 Å². The van der Waals surface area contributed by atoms with Gasteiger partial charge in [0.25, 0.3) is 0 Å². The molecule has 0 saturated heterocycles. The first-order chi connectivity index (χ1) is 6.13. The second-order valence-electron chi connectivity index (χ2n) is 2.77. The minimum absolute atomic E-state index is 0.104. The lowest BCUT2D eigenvalue weighted by Gasteiger charge is -2.09. The smallest absolute Gasteiger partial charge is 0.146 e. The maximum Gasteiger partial charge on any atom is 0.146 e. The standard InChI is InChI=1S/C10H12FIO/c1-3-8-6-9(13-7(2)12)4-5-10(8)11/h4-7H,3H2,1-2H3. The van der Waals surface area contributed by atoms with Gasteiger partial charge in [0.15, 0.2) is 0 Å². The van der Waals surface area contributed by atoms with E-state index in [9.17, 15) is 4.39 Å². The predicted octanol–water partition coefficient (Wildman–Crippen LogP) is 3.55. The Bertz CT molecular complexity index is 286. The SMILES string of the molecule is CCc1cc(OC(C)I)ccc1F. The highest BCUT2D eigenvalue weighted by Gasteiger charge is 2.03. The summed E-state index contributed by atoms with van der Waals surface area (Å²) in [6, 6.07) is 4.86. The molecule has 1 aromatic carbocycles. The van der Waals surface area contributed by atoms with Crippen LogP contribution < -0.4 is 4.74 Å². The van der Waals surface area contributed by atoms with Crippen LogP contribution in [0.5, 0.6) is 5.75 Å². The van der Waals surface area contributed by atoms with Crippen molar-refractivity contribution in [3.8, 4) is 5.75 Å². The van der Waals surface area contributed by atoms with Crippen LogP contribution in [0.3, 0.4) is 0 Å². The van der Waals surface area contributed by atoms with Crippen LogP contribution in [0.4, 0.5) is 4.39 Å². The van der Waals surface area contributed by atoms with E-state index in [1.165, 1.54) is 6.07 Å². The molecule has 72 valence electrons. The molecule has 1 rings (SSSR count). The molecule has 0 aliphatic heterocycles. The summed E-state index contributed by atoms with van der Waals surface area (Å²) in [5.74, 6) is 0.580. The zero-order valence-electron chi connectivity index (χ0n) is 7.68. The first-order valence-corrected chi connectivity index (χ1v) is 5.47. The maximum atomic E-state index is 13.0. The van der Waals surface area contributed by atoms with Crippen LogP contribution in [0, 0.1) is 5.82 Å². The highest BCUT2D eigenvalue weighted by atomic mass is 127. The molecular weight excluding hydrogens is 282 g/mol. The van der Waals surface area contributed by atoms with Crippen molar-refractivity contribution in [3.63, 3.8) is 0 Å². The number of halogens is 2. The minimum Gasteiger partial charge on any atom is -0.480 e. The molecule has 0 amide bonds. The van der Waals surface area contributed by atoms with Crippen LogP contribution in [0.15, 0.2) is 18.2 Å². The second-order valence-corrected chi connectivity index (χ2v) is 4.52. The number of hydrogen-bond donors (Lipinski definition) is 0. The zero-order valence-corrected chi connectivity index (χ0v) is 9.84. The Balaban J connectivity index is 2.86. The quantitative estimate of drug-likeness (QED) is 0.612. The molecule has 1 nitrogen and oxygen atoms in total. The molecule has 0 heterocycles. The van der Waals surface area contributed by atoms with Crippen LogP contribution in [0.2, 0.25) is 0 Å². The molecule has 1 atom stereocenters. The maximum absolute atomic E-state index is 13.0. The average molecular weight is 294 g/mol. The molecule has 0 aliphatic rings. The Kier molecular flexibility index (Phi) is 3.96. The van der Waals surface area contributed by atoms with Gasteiger partial charge in [-0.15, -0.1) is 0 Å². The number of aryl methyl sites for hydroxylation is 1. The molecule has 1 aromatic rings. The lowest BCUT2D eigenvalue weighted by molar-refractivity contribution is 0.321. The number of benzene rings is 1. The van der Waals surface area contributed by atoms with Gasteiger partial charge < -0.3 is 4.74 Å². The molecule has 0 aromatic heterocycles. The van der Waals surface area contributed by atoms with Crippen molar-refractivity contribution < 1.29 is 9.13 Å². The van der Waals surface area contributed by atoms with Gasteiger partial charge in [-0.1, -0.05) is 6.92 Å². The number of hydrogen-bond acceptors (Lipinski definition) is 1. The topological polar surface area (TPSA) is 9.23 Å². The van der Waals surface area contributed by atoms with E-state index in [0.29, 0.717) is 12.0 Å². The van der Waals surface area contributed by atoms with Crippen molar-refractivity contribution in [2.45, 2.75) is 24.4 Å². The molecule has 0 bridgehead atoms. The summed E-state index contributed by atoms with van der Waals surface area (Å²) in [7, 11) is 0. The van der Waals surface area contributed by atoms with Gasteiger partial charge >= 0.3 is 0 Å². The van der Waals surface area contributed by atoms with Crippen LogP contribution in [-0.4, -0.2) is 4.11 Å². The Morgan fingerprint density at radius 2 is 2.23 bits per heavy atom. The van der Waals surface area contributed by atoms with Gasteiger partial charge in [0.2, 0.25) is 0 Å². The monoisotopic (exact) mass is 294 g/mol. The summed E-state index contributed by atoms with van der Waals surface area (Å²) in [4.78, 5) is 0. The third kappa shape index (κ3) is 3.14. The molecule has 0 radical (unpaired) electrons. The molecular formula is C10H12FIO. The molecule has 13 heavy (non-hydrogen) atoms. The fraction of sp³-hybridized carbons (Fsp3) is 0.400. The van der Waals surface area contributed by atoms with Crippen LogP contribution in [-0.2, 0) is 6.42 Å². The summed E-state index contributed by atoms with van der Waals surface area (Å²) in [6.07, 6.45) is 0.693. The van der Waals surface area contributed by atoms with Crippen molar-refractivity contribution in [1.82, 2.24) is 0 Å². The third-order valence-electron chi connectivity index (χ3n) is 1.70. The van der Waals surface area contributed by atoms with Gasteiger partial charge in [0, 0.05) is 0 Å². The summed E-state index contributed by atoms with van der Waals surface area (Å²) in [5, 5.41) is 0. The largest absolute Gasteiger partial charge is 0.480 e. The zero-order chi connectivity index (χ0) is 9.84. The highest BCUT2D eigenvalue weighted by Crippen LogP contribution is 2.19. The molecule has 0 aliphatic carbocycles. The fourth-order valence-electron chi connectivity index (χ4n) is 1.08. The Hall–Kier alpha value is -0.320. The Labute approximate surface area is 91.4 Å². The number of rotatable bonds is 3. The fourth-order valence-corrected chi connectivity index (χ4v) is 1.38. The Morgan fingerprint density at radius 3 is 2.77 bits per heavy atom. The first kappa shape index (κ1) is 10.8. The molecule has 0 spiro atoms. The van der Waals surface area contributed by atoms with Crippen molar-refractivity contribution in [2.75, 3.05) is 0 Å². The molecule has 0 N–H and O–H groups in total. The van der Waals surface area contributed by atoms with Crippen molar-refractivity contribution >= 4 is 22.6 Å². The van der Waals surface area contributed by atoms with E-state index in [0.717, 1.165) is 5.75 Å². The van der Waals surface area contributed by atoms with E-state index < -0.39 is 0 Å². The van der Waals surface area contributed by atoms with Crippen molar-refractivity contribution in [2.24, 2.45) is 0 Å². The van der Waals surface area contributed by atoms with E-state index in [-0.39, 0.29) is 9.93 Å². The summed E-state index contributed by atoms with van der Waals surface area (Å²) < 4.78 is 18.6. The Morgan fingerprint density at radius 1 is 1.54 bits per heavy atom. The van der Waals surface area contributed by atoms with Crippen LogP contribution in [0.1, 0.15) is 19.4 Å². The van der Waals surface area contributed by atoms with Gasteiger partial charge in [0.1, 0.15) is 15.7 Å². The molecule has 3 heteroatoms. The van der Waals surface area contributed by atoms with Gasteiger partial charge in [-0.05, 0) is 59.7 Å². The molecule has 0 saturated carbocycles. The van der Waals surface area contributed by atoms with E-state index in [2.05, 4.69) is 22.6 Å². The van der Waals surface area contributed by atoms with Crippen molar-refractivity contribution in [3.05, 3.63) is 29.6 Å². The van der Waals surface area contributed by atoms with E-state index >= 15 is 0 Å². The highest BCUT2D eigenvalue weighted by molar-refractivity contribution is 14.1. The molecule has 0 fully saturated rings. The third-order valence-corrected chi connectivity index (χ3v) is 1.95. The molecule has 1 unspecified atom stereocenters. The minimum atomic E-state index is -0.157. The summed E-state index contributed by atoms with van der Waals surface area (Å²) in [5.41, 5.74) is 0.703. The van der Waals surface area contributed by atoms with Gasteiger partial charge in [-0.3, -0.25) is 0 Å². The van der Waals surface area contributed by atoms with Gasteiger partial charge in [0.05, 0.1) is 0 Å². The average Bonchev–Trinajstić information content (AvgIpc) is 2.07. The summed E-state index contributed by atoms with van der Waals surface area (Å²) >= 11 is 2.16. The summed E-state index contributed by atoms with van der Waals surface area (Å²) in [6.45, 7) is 3.87. The van der Waals surface area contributed by atoms with E-state index in [1.54, 1.807) is 12.1 Å². The second kappa shape index (κ2) is 4.79. The van der Waals surface area contributed by atoms with E-state index in [4.69, 9.17) is 4.74 Å². The number of alkyl halides is 1. The lowest BCUT2D eigenvalue weighted by Crippen LogP contribution is -2.02. The number of ether oxygens (including phenoxy) is 1. The first-order valence-electron chi connectivity index (χ1n) is 4.22. The van der Waals surface area contributed by atoms with Crippen LogP contribution >= 0.6 is 22.6 Å². The van der Waals surface area contributed by atoms with Gasteiger partial charge in [-0.2, -0.15) is 0 Å². The van der Waals surface area contributed by atoms with Gasteiger partial charge in [-0.25, -0.2) is 4.39 Å². The lowest BCUT2D eigenvalue weighted by atomic mass is 10.1. The predicted molar refractivity (Wildman–Crippen MR) is 59.9 cm³/mol. The normalized spacial score (nSPS) is 12.6.